The summed E-state index contributed by atoms with van der Waals surface area (Å²) in [6.45, 7) is 3.50. The third kappa shape index (κ3) is 4.47. The fourth-order valence-corrected chi connectivity index (χ4v) is 1.45. The van der Waals surface area contributed by atoms with E-state index in [-0.39, 0.29) is 11.7 Å². The van der Waals surface area contributed by atoms with Crippen LogP contribution in [-0.4, -0.2) is 26.2 Å². The van der Waals surface area contributed by atoms with Crippen molar-refractivity contribution in [3.63, 3.8) is 0 Å². The van der Waals surface area contributed by atoms with Crippen molar-refractivity contribution in [2.75, 3.05) is 19.0 Å². The highest BCUT2D eigenvalue weighted by Gasteiger charge is 2.12. The van der Waals surface area contributed by atoms with Crippen LogP contribution in [0.15, 0.2) is 29.8 Å². The zero-order chi connectivity index (χ0) is 14.4. The molecule has 0 aliphatic carbocycles. The van der Waals surface area contributed by atoms with E-state index >= 15 is 0 Å². The lowest BCUT2D eigenvalue weighted by molar-refractivity contribution is -0.142. The third-order valence-electron chi connectivity index (χ3n) is 2.40. The molecule has 0 spiro atoms. The number of ether oxygens (including phenoxy) is 1. The lowest BCUT2D eigenvalue weighted by atomic mass is 10.1. The Morgan fingerprint density at radius 1 is 1.32 bits per heavy atom. The predicted octanol–water partition coefficient (Wildman–Crippen LogP) is 2.61. The lowest BCUT2D eigenvalue weighted by Crippen LogP contribution is -2.12. The number of hydrogen-bond donors (Lipinski definition) is 0. The minimum absolute atomic E-state index is 0.00584. The Hall–Kier alpha value is -2.28. The lowest BCUT2D eigenvalue weighted by Gasteiger charge is -2.12. The number of nitrogens with zero attached hydrogens (tertiary/aromatic N) is 2. The normalized spacial score (nSPS) is 11.1. The van der Waals surface area contributed by atoms with E-state index in [2.05, 4.69) is 0 Å². The maximum atomic E-state index is 11.6. The number of rotatable bonds is 4. The van der Waals surface area contributed by atoms with Gasteiger partial charge in [0, 0.05) is 19.8 Å². The molecule has 1 aromatic rings. The quantitative estimate of drug-likeness (QED) is 0.473. The summed E-state index contributed by atoms with van der Waals surface area (Å²) in [6.07, 6.45) is 1.30. The van der Waals surface area contributed by atoms with Gasteiger partial charge in [0.05, 0.1) is 6.10 Å². The van der Waals surface area contributed by atoms with Crippen molar-refractivity contribution >= 4 is 17.7 Å². The molecule has 0 saturated carbocycles. The Balaban J connectivity index is 2.92. The van der Waals surface area contributed by atoms with Gasteiger partial charge in [-0.2, -0.15) is 5.26 Å². The average Bonchev–Trinajstić information content (AvgIpc) is 2.35. The zero-order valence-electron chi connectivity index (χ0n) is 11.7. The van der Waals surface area contributed by atoms with Crippen molar-refractivity contribution in [3.05, 3.63) is 35.4 Å². The van der Waals surface area contributed by atoms with Gasteiger partial charge in [-0.25, -0.2) is 4.79 Å². The maximum absolute atomic E-state index is 11.6. The number of nitriles is 1. The van der Waals surface area contributed by atoms with Crippen LogP contribution in [0.25, 0.3) is 6.08 Å². The van der Waals surface area contributed by atoms with Gasteiger partial charge in [0.2, 0.25) is 0 Å². The molecule has 19 heavy (non-hydrogen) atoms. The minimum atomic E-state index is -0.589. The molecule has 1 rings (SSSR count). The Morgan fingerprint density at radius 3 is 2.32 bits per heavy atom. The topological polar surface area (TPSA) is 53.3 Å². The van der Waals surface area contributed by atoms with Crippen molar-refractivity contribution < 1.29 is 9.53 Å². The molecular formula is C15H18N2O2. The zero-order valence-corrected chi connectivity index (χ0v) is 11.7. The molecule has 1 aromatic carbocycles. The van der Waals surface area contributed by atoms with E-state index in [9.17, 15) is 4.79 Å². The average molecular weight is 258 g/mol. The van der Waals surface area contributed by atoms with E-state index in [0.29, 0.717) is 0 Å². The van der Waals surface area contributed by atoms with Crippen LogP contribution >= 0.6 is 0 Å². The SMILES string of the molecule is CC(C)OC(=O)C(C#N)=Cc1ccc(N(C)C)cc1. The molecule has 0 amide bonds. The van der Waals surface area contributed by atoms with E-state index in [1.54, 1.807) is 13.8 Å². The first kappa shape index (κ1) is 14.8. The molecule has 100 valence electrons. The van der Waals surface area contributed by atoms with Gasteiger partial charge in [0.15, 0.2) is 0 Å². The first-order valence-electron chi connectivity index (χ1n) is 6.04. The highest BCUT2D eigenvalue weighted by Crippen LogP contribution is 2.15. The number of hydrogen-bond acceptors (Lipinski definition) is 4. The van der Waals surface area contributed by atoms with Crippen molar-refractivity contribution in [2.24, 2.45) is 0 Å². The summed E-state index contributed by atoms with van der Waals surface area (Å²) < 4.78 is 5.00. The van der Waals surface area contributed by atoms with Crippen LogP contribution in [0.4, 0.5) is 5.69 Å². The Bertz CT molecular complexity index is 508. The second-order valence-corrected chi connectivity index (χ2v) is 4.61. The second kappa shape index (κ2) is 6.60. The minimum Gasteiger partial charge on any atom is -0.459 e. The molecule has 0 atom stereocenters. The van der Waals surface area contributed by atoms with Gasteiger partial charge in [-0.3, -0.25) is 0 Å². The molecule has 0 aromatic heterocycles. The van der Waals surface area contributed by atoms with Gasteiger partial charge in [-0.15, -0.1) is 0 Å². The number of esters is 1. The van der Waals surface area contributed by atoms with Gasteiger partial charge in [-0.05, 0) is 37.6 Å². The molecule has 0 aliphatic heterocycles. The summed E-state index contributed by atoms with van der Waals surface area (Å²) >= 11 is 0. The molecule has 0 fully saturated rings. The monoisotopic (exact) mass is 258 g/mol. The smallest absolute Gasteiger partial charge is 0.349 e. The van der Waals surface area contributed by atoms with E-state index in [4.69, 9.17) is 10.00 Å². The van der Waals surface area contributed by atoms with E-state index in [1.807, 2.05) is 49.3 Å². The van der Waals surface area contributed by atoms with Crippen LogP contribution in [0.5, 0.6) is 0 Å². The molecule has 4 heteroatoms. The number of benzene rings is 1. The molecule has 4 nitrogen and oxygen atoms in total. The molecule has 0 unspecified atom stereocenters. The van der Waals surface area contributed by atoms with Gasteiger partial charge >= 0.3 is 5.97 Å². The summed E-state index contributed by atoms with van der Waals surface area (Å²) in [5, 5.41) is 8.99. The van der Waals surface area contributed by atoms with Gasteiger partial charge < -0.3 is 9.64 Å². The second-order valence-electron chi connectivity index (χ2n) is 4.61. The van der Waals surface area contributed by atoms with Crippen LogP contribution in [0, 0.1) is 11.3 Å². The summed E-state index contributed by atoms with van der Waals surface area (Å²) in [6, 6.07) is 9.43. The Labute approximate surface area is 113 Å². The molecule has 0 radical (unpaired) electrons. The molecule has 0 aliphatic rings. The Kier molecular flexibility index (Phi) is 5.13. The van der Waals surface area contributed by atoms with E-state index in [1.165, 1.54) is 6.08 Å². The number of carbonyl (C=O) groups is 1. The van der Waals surface area contributed by atoms with Crippen LogP contribution in [0.2, 0.25) is 0 Å². The highest BCUT2D eigenvalue weighted by molar-refractivity contribution is 5.98. The molecule has 0 bridgehead atoms. The fourth-order valence-electron chi connectivity index (χ4n) is 1.45. The molecule has 0 saturated heterocycles. The van der Waals surface area contributed by atoms with Crippen molar-refractivity contribution in [1.82, 2.24) is 0 Å². The van der Waals surface area contributed by atoms with Gasteiger partial charge in [0.1, 0.15) is 11.6 Å². The van der Waals surface area contributed by atoms with Crippen molar-refractivity contribution in [2.45, 2.75) is 20.0 Å². The fraction of sp³-hybridized carbons (Fsp3) is 0.333. The summed E-state index contributed by atoms with van der Waals surface area (Å²) in [4.78, 5) is 13.6. The van der Waals surface area contributed by atoms with Gasteiger partial charge in [-0.1, -0.05) is 12.1 Å². The van der Waals surface area contributed by atoms with Crippen molar-refractivity contribution in [3.8, 4) is 6.07 Å². The molecule has 0 heterocycles. The summed E-state index contributed by atoms with van der Waals surface area (Å²) in [5.41, 5.74) is 1.86. The number of carbonyl (C=O) groups excluding carboxylic acids is 1. The van der Waals surface area contributed by atoms with Crippen LogP contribution < -0.4 is 4.90 Å². The van der Waals surface area contributed by atoms with E-state index in [0.717, 1.165) is 11.3 Å². The molecular weight excluding hydrogens is 240 g/mol. The van der Waals surface area contributed by atoms with Crippen molar-refractivity contribution in [1.29, 1.82) is 5.26 Å². The number of anilines is 1. The standard InChI is InChI=1S/C15H18N2O2/c1-11(2)19-15(18)13(10-16)9-12-5-7-14(8-6-12)17(3)4/h5-9,11H,1-4H3. The highest BCUT2D eigenvalue weighted by atomic mass is 16.5. The van der Waals surface area contributed by atoms with Crippen LogP contribution in [0.1, 0.15) is 19.4 Å². The first-order valence-corrected chi connectivity index (χ1v) is 6.04. The van der Waals surface area contributed by atoms with Gasteiger partial charge in [0.25, 0.3) is 0 Å². The van der Waals surface area contributed by atoms with E-state index < -0.39 is 5.97 Å². The molecule has 0 N–H and O–H groups in total. The largest absolute Gasteiger partial charge is 0.459 e. The van der Waals surface area contributed by atoms with Crippen LogP contribution in [-0.2, 0) is 9.53 Å². The summed E-state index contributed by atoms with van der Waals surface area (Å²) in [5.74, 6) is -0.589. The first-order chi connectivity index (χ1) is 8.93. The predicted molar refractivity (Wildman–Crippen MR) is 75.6 cm³/mol. The Morgan fingerprint density at radius 2 is 1.89 bits per heavy atom. The maximum Gasteiger partial charge on any atom is 0.349 e. The van der Waals surface area contributed by atoms with Crippen LogP contribution in [0.3, 0.4) is 0 Å². The summed E-state index contributed by atoms with van der Waals surface area (Å²) in [7, 11) is 3.90. The third-order valence-corrected chi connectivity index (χ3v) is 2.40.